The highest BCUT2D eigenvalue weighted by atomic mass is 32.1. The fourth-order valence-electron chi connectivity index (χ4n) is 2.29. The maximum Gasteiger partial charge on any atom is 0.280 e. The maximum atomic E-state index is 11.8. The van der Waals surface area contributed by atoms with Crippen molar-refractivity contribution in [3.8, 4) is 11.8 Å². The van der Waals surface area contributed by atoms with Crippen LogP contribution in [0.5, 0.6) is 5.75 Å². The van der Waals surface area contributed by atoms with Crippen molar-refractivity contribution >= 4 is 22.2 Å². The molecular weight excluding hydrogens is 274 g/mol. The van der Waals surface area contributed by atoms with E-state index in [1.54, 1.807) is 7.05 Å². The summed E-state index contributed by atoms with van der Waals surface area (Å²) in [7, 11) is 1.66. The quantitative estimate of drug-likeness (QED) is 0.921. The molecule has 0 spiro atoms. The SMILES string of the molecule is Cn1sc(Nc2cccc3c2CCCO3)c(C#N)c1=O. The van der Waals surface area contributed by atoms with E-state index in [1.807, 2.05) is 24.3 Å². The van der Waals surface area contributed by atoms with Crippen LogP contribution in [0, 0.1) is 11.3 Å². The number of fused-ring (bicyclic) bond motifs is 1. The lowest BCUT2D eigenvalue weighted by Gasteiger charge is -2.20. The molecule has 0 amide bonds. The molecule has 1 aliphatic rings. The Morgan fingerprint density at radius 2 is 2.35 bits per heavy atom. The Morgan fingerprint density at radius 3 is 3.15 bits per heavy atom. The number of hydrogen-bond donors (Lipinski definition) is 1. The number of ether oxygens (including phenoxy) is 1. The number of benzene rings is 1. The molecule has 2 aromatic rings. The van der Waals surface area contributed by atoms with Crippen LogP contribution in [-0.2, 0) is 13.5 Å². The Hall–Kier alpha value is -2.26. The van der Waals surface area contributed by atoms with Gasteiger partial charge >= 0.3 is 0 Å². The van der Waals surface area contributed by atoms with Crippen LogP contribution in [0.4, 0.5) is 10.7 Å². The fraction of sp³-hybridized carbons (Fsp3) is 0.286. The summed E-state index contributed by atoms with van der Waals surface area (Å²) in [5, 5.41) is 12.9. The second-order valence-electron chi connectivity index (χ2n) is 4.57. The van der Waals surface area contributed by atoms with Crippen LogP contribution >= 0.6 is 11.5 Å². The fourth-order valence-corrected chi connectivity index (χ4v) is 3.12. The first-order chi connectivity index (χ1) is 9.70. The molecule has 2 heterocycles. The van der Waals surface area contributed by atoms with Crippen LogP contribution in [0.2, 0.25) is 0 Å². The summed E-state index contributed by atoms with van der Waals surface area (Å²) >= 11 is 1.24. The lowest BCUT2D eigenvalue weighted by molar-refractivity contribution is 0.289. The molecule has 0 bridgehead atoms. The summed E-state index contributed by atoms with van der Waals surface area (Å²) < 4.78 is 7.07. The van der Waals surface area contributed by atoms with Gasteiger partial charge in [0.1, 0.15) is 16.8 Å². The Labute approximate surface area is 120 Å². The number of nitrogens with zero attached hydrogens (tertiary/aromatic N) is 2. The zero-order valence-electron chi connectivity index (χ0n) is 11.0. The van der Waals surface area contributed by atoms with Crippen LogP contribution in [0.25, 0.3) is 0 Å². The van der Waals surface area contributed by atoms with Gasteiger partial charge in [0.2, 0.25) is 0 Å². The Kier molecular flexibility index (Phi) is 3.20. The van der Waals surface area contributed by atoms with Crippen LogP contribution in [0.1, 0.15) is 17.5 Å². The minimum absolute atomic E-state index is 0.159. The van der Waals surface area contributed by atoms with Crippen molar-refractivity contribution in [1.29, 1.82) is 5.26 Å². The van der Waals surface area contributed by atoms with Crippen LogP contribution in [0.15, 0.2) is 23.0 Å². The van der Waals surface area contributed by atoms with Gasteiger partial charge in [-0.25, -0.2) is 0 Å². The molecule has 0 fully saturated rings. The molecule has 3 rings (SSSR count). The third kappa shape index (κ3) is 2.06. The zero-order valence-corrected chi connectivity index (χ0v) is 11.8. The molecule has 1 aromatic carbocycles. The molecule has 0 unspecified atom stereocenters. The standard InChI is InChI=1S/C14H13N3O2S/c1-17-14(18)10(8-15)13(20-17)16-11-5-2-6-12-9(11)4-3-7-19-12/h2,5-6,16H,3-4,7H2,1H3. The monoisotopic (exact) mass is 287 g/mol. The summed E-state index contributed by atoms with van der Waals surface area (Å²) in [6, 6.07) is 7.76. The van der Waals surface area contributed by atoms with E-state index in [0.717, 1.165) is 36.4 Å². The molecular formula is C14H13N3O2S. The van der Waals surface area contributed by atoms with Crippen LogP contribution < -0.4 is 15.6 Å². The predicted molar refractivity (Wildman–Crippen MR) is 77.8 cm³/mol. The first-order valence-electron chi connectivity index (χ1n) is 6.33. The Balaban J connectivity index is 2.03. The summed E-state index contributed by atoms with van der Waals surface area (Å²) in [6.07, 6.45) is 1.91. The number of aryl methyl sites for hydroxylation is 1. The number of nitriles is 1. The summed E-state index contributed by atoms with van der Waals surface area (Å²) in [5.41, 5.74) is 1.90. The smallest absolute Gasteiger partial charge is 0.280 e. The molecule has 1 aromatic heterocycles. The van der Waals surface area contributed by atoms with Gasteiger partial charge in [-0.2, -0.15) is 5.26 Å². The van der Waals surface area contributed by atoms with Crippen molar-refractivity contribution in [2.45, 2.75) is 12.8 Å². The van der Waals surface area contributed by atoms with Gasteiger partial charge in [-0.05, 0) is 36.5 Å². The molecule has 0 atom stereocenters. The molecule has 5 nitrogen and oxygen atoms in total. The normalized spacial score (nSPS) is 13.2. The first kappa shape index (κ1) is 12.8. The predicted octanol–water partition coefficient (Wildman–Crippen LogP) is 2.39. The zero-order chi connectivity index (χ0) is 14.1. The molecule has 1 aliphatic heterocycles. The average Bonchev–Trinajstić information content (AvgIpc) is 2.74. The molecule has 0 aliphatic carbocycles. The summed E-state index contributed by atoms with van der Waals surface area (Å²) in [6.45, 7) is 0.735. The molecule has 102 valence electrons. The average molecular weight is 287 g/mol. The van der Waals surface area contributed by atoms with Gasteiger partial charge in [-0.15, -0.1) is 0 Å². The Morgan fingerprint density at radius 1 is 1.50 bits per heavy atom. The minimum Gasteiger partial charge on any atom is -0.493 e. The van der Waals surface area contributed by atoms with E-state index >= 15 is 0 Å². The lowest BCUT2D eigenvalue weighted by Crippen LogP contribution is -2.12. The van der Waals surface area contributed by atoms with Gasteiger partial charge in [0.05, 0.1) is 6.61 Å². The van der Waals surface area contributed by atoms with Gasteiger partial charge in [-0.1, -0.05) is 6.07 Å². The van der Waals surface area contributed by atoms with Crippen molar-refractivity contribution in [3.63, 3.8) is 0 Å². The van der Waals surface area contributed by atoms with Gasteiger partial charge in [-0.3, -0.25) is 8.75 Å². The summed E-state index contributed by atoms with van der Waals surface area (Å²) in [4.78, 5) is 11.8. The van der Waals surface area contributed by atoms with E-state index < -0.39 is 0 Å². The molecule has 0 saturated carbocycles. The van der Waals surface area contributed by atoms with E-state index in [4.69, 9.17) is 10.00 Å². The largest absolute Gasteiger partial charge is 0.493 e. The highest BCUT2D eigenvalue weighted by Gasteiger charge is 2.17. The molecule has 0 radical (unpaired) electrons. The van der Waals surface area contributed by atoms with Crippen molar-refractivity contribution in [2.75, 3.05) is 11.9 Å². The molecule has 0 saturated heterocycles. The van der Waals surface area contributed by atoms with Crippen molar-refractivity contribution in [3.05, 3.63) is 39.7 Å². The topological polar surface area (TPSA) is 67.1 Å². The third-order valence-corrected chi connectivity index (χ3v) is 4.21. The van der Waals surface area contributed by atoms with Gasteiger partial charge in [0.25, 0.3) is 5.56 Å². The van der Waals surface area contributed by atoms with Gasteiger partial charge in [0.15, 0.2) is 5.56 Å². The van der Waals surface area contributed by atoms with Crippen LogP contribution in [-0.4, -0.2) is 10.6 Å². The second kappa shape index (κ2) is 5.02. The molecule has 20 heavy (non-hydrogen) atoms. The number of rotatable bonds is 2. The van der Waals surface area contributed by atoms with Crippen molar-refractivity contribution in [2.24, 2.45) is 7.05 Å². The van der Waals surface area contributed by atoms with Crippen molar-refractivity contribution < 1.29 is 4.74 Å². The highest BCUT2D eigenvalue weighted by Crippen LogP contribution is 2.34. The maximum absolute atomic E-state index is 11.8. The summed E-state index contributed by atoms with van der Waals surface area (Å²) in [5.74, 6) is 0.878. The Bertz CT molecular complexity index is 755. The highest BCUT2D eigenvalue weighted by molar-refractivity contribution is 7.11. The second-order valence-corrected chi connectivity index (χ2v) is 5.71. The minimum atomic E-state index is -0.263. The number of anilines is 2. The molecule has 6 heteroatoms. The van der Waals surface area contributed by atoms with E-state index in [9.17, 15) is 4.79 Å². The lowest BCUT2D eigenvalue weighted by atomic mass is 10.0. The van der Waals surface area contributed by atoms with Gasteiger partial charge < -0.3 is 10.1 Å². The van der Waals surface area contributed by atoms with E-state index in [-0.39, 0.29) is 11.1 Å². The van der Waals surface area contributed by atoms with E-state index in [1.165, 1.54) is 15.5 Å². The number of nitrogens with one attached hydrogen (secondary N) is 1. The van der Waals surface area contributed by atoms with Crippen LogP contribution in [0.3, 0.4) is 0 Å². The number of aromatic nitrogens is 1. The molecule has 1 N–H and O–H groups in total. The third-order valence-electron chi connectivity index (χ3n) is 3.28. The number of hydrogen-bond acceptors (Lipinski definition) is 5. The van der Waals surface area contributed by atoms with E-state index in [0.29, 0.717) is 5.00 Å². The van der Waals surface area contributed by atoms with E-state index in [2.05, 4.69) is 5.32 Å². The van der Waals surface area contributed by atoms with Gasteiger partial charge in [0, 0.05) is 18.3 Å². The van der Waals surface area contributed by atoms with Crippen molar-refractivity contribution in [1.82, 2.24) is 3.96 Å². The first-order valence-corrected chi connectivity index (χ1v) is 7.10.